The van der Waals surface area contributed by atoms with Crippen molar-refractivity contribution in [3.8, 4) is 0 Å². The monoisotopic (exact) mass is 266 g/mol. The fraction of sp³-hybridized carbons (Fsp3) is 0.385. The average molecular weight is 266 g/mol. The summed E-state index contributed by atoms with van der Waals surface area (Å²) in [5.74, 6) is -0.216. The van der Waals surface area contributed by atoms with Crippen LogP contribution in [-0.2, 0) is 16.0 Å². The van der Waals surface area contributed by atoms with Gasteiger partial charge in [-0.2, -0.15) is 0 Å². The van der Waals surface area contributed by atoms with Crippen molar-refractivity contribution in [1.29, 1.82) is 0 Å². The minimum atomic E-state index is -0.140. The van der Waals surface area contributed by atoms with Crippen LogP contribution in [0.25, 0.3) is 0 Å². The van der Waals surface area contributed by atoms with Crippen LogP contribution in [0.15, 0.2) is 29.2 Å². The first-order valence-electron chi connectivity index (χ1n) is 5.81. The smallest absolute Gasteiger partial charge is 0.239 e. The van der Waals surface area contributed by atoms with Crippen LogP contribution in [0.4, 0.5) is 0 Å². The molecule has 1 rings (SSSR count). The maximum atomic E-state index is 11.9. The average Bonchev–Trinajstić information content (AvgIpc) is 2.32. The topological polar surface area (TPSA) is 49.4 Å². The van der Waals surface area contributed by atoms with Crippen LogP contribution in [0.1, 0.15) is 12.5 Å². The summed E-state index contributed by atoms with van der Waals surface area (Å²) < 4.78 is 0. The standard InChI is InChI=1S/C13H18N2O2S/c1-3-14-12(16)9-15(2)13(17)8-10-4-6-11(18)7-5-10/h4-7,18H,3,8-9H2,1-2H3,(H,14,16). The van der Waals surface area contributed by atoms with Gasteiger partial charge in [0, 0.05) is 18.5 Å². The van der Waals surface area contributed by atoms with E-state index in [1.165, 1.54) is 4.90 Å². The minimum absolute atomic E-state index is 0.0758. The lowest BCUT2D eigenvalue weighted by Gasteiger charge is -2.16. The highest BCUT2D eigenvalue weighted by molar-refractivity contribution is 7.80. The Morgan fingerprint density at radius 1 is 1.28 bits per heavy atom. The molecule has 0 spiro atoms. The molecule has 0 radical (unpaired) electrons. The number of nitrogens with zero attached hydrogens (tertiary/aromatic N) is 1. The van der Waals surface area contributed by atoms with Crippen LogP contribution in [0.3, 0.4) is 0 Å². The molecule has 0 aromatic heterocycles. The van der Waals surface area contributed by atoms with E-state index in [9.17, 15) is 9.59 Å². The van der Waals surface area contributed by atoms with Gasteiger partial charge in [-0.25, -0.2) is 0 Å². The van der Waals surface area contributed by atoms with Gasteiger partial charge in [0.1, 0.15) is 0 Å². The Morgan fingerprint density at radius 2 is 1.89 bits per heavy atom. The quantitative estimate of drug-likeness (QED) is 0.785. The van der Waals surface area contributed by atoms with E-state index < -0.39 is 0 Å². The molecule has 0 unspecified atom stereocenters. The van der Waals surface area contributed by atoms with Crippen molar-refractivity contribution in [2.24, 2.45) is 0 Å². The summed E-state index contributed by atoms with van der Waals surface area (Å²) in [7, 11) is 1.63. The third-order valence-corrected chi connectivity index (χ3v) is 2.77. The first-order valence-corrected chi connectivity index (χ1v) is 6.26. The third kappa shape index (κ3) is 4.79. The van der Waals surface area contributed by atoms with Gasteiger partial charge < -0.3 is 10.2 Å². The van der Waals surface area contributed by atoms with Gasteiger partial charge in [-0.3, -0.25) is 9.59 Å². The van der Waals surface area contributed by atoms with Gasteiger partial charge in [0.15, 0.2) is 0 Å². The van der Waals surface area contributed by atoms with Gasteiger partial charge >= 0.3 is 0 Å². The number of hydrogen-bond acceptors (Lipinski definition) is 3. The van der Waals surface area contributed by atoms with E-state index in [2.05, 4.69) is 17.9 Å². The molecule has 1 aromatic rings. The number of nitrogens with one attached hydrogen (secondary N) is 1. The molecule has 0 fully saturated rings. The maximum Gasteiger partial charge on any atom is 0.239 e. The second-order valence-corrected chi connectivity index (χ2v) is 4.56. The minimum Gasteiger partial charge on any atom is -0.355 e. The lowest BCUT2D eigenvalue weighted by molar-refractivity contribution is -0.134. The fourth-order valence-corrected chi connectivity index (χ4v) is 1.63. The van der Waals surface area contributed by atoms with Crippen molar-refractivity contribution in [3.05, 3.63) is 29.8 Å². The van der Waals surface area contributed by atoms with E-state index in [1.54, 1.807) is 7.05 Å². The second-order valence-electron chi connectivity index (χ2n) is 4.05. The number of likely N-dealkylation sites (N-methyl/N-ethyl adjacent to an activating group) is 2. The zero-order chi connectivity index (χ0) is 13.5. The molecule has 4 nitrogen and oxygen atoms in total. The number of carbonyl (C=O) groups is 2. The van der Waals surface area contributed by atoms with Crippen molar-refractivity contribution in [2.75, 3.05) is 20.1 Å². The summed E-state index contributed by atoms with van der Waals surface area (Å²) in [6, 6.07) is 7.41. The predicted octanol–water partition coefficient (Wildman–Crippen LogP) is 1.11. The van der Waals surface area contributed by atoms with Crippen LogP contribution in [0, 0.1) is 0 Å². The molecule has 5 heteroatoms. The molecule has 18 heavy (non-hydrogen) atoms. The van der Waals surface area contributed by atoms with Crippen molar-refractivity contribution in [1.82, 2.24) is 10.2 Å². The molecule has 0 atom stereocenters. The Labute approximate surface area is 113 Å². The highest BCUT2D eigenvalue weighted by Gasteiger charge is 2.12. The molecule has 0 aliphatic heterocycles. The van der Waals surface area contributed by atoms with Crippen molar-refractivity contribution in [2.45, 2.75) is 18.2 Å². The molecular weight excluding hydrogens is 248 g/mol. The summed E-state index contributed by atoms with van der Waals surface area (Å²) in [6.45, 7) is 2.51. The number of thiol groups is 1. The highest BCUT2D eigenvalue weighted by atomic mass is 32.1. The van der Waals surface area contributed by atoms with E-state index in [4.69, 9.17) is 0 Å². The van der Waals surface area contributed by atoms with E-state index in [1.807, 2.05) is 31.2 Å². The van der Waals surface area contributed by atoms with Crippen molar-refractivity contribution < 1.29 is 9.59 Å². The summed E-state index contributed by atoms with van der Waals surface area (Å²) in [6.07, 6.45) is 0.296. The van der Waals surface area contributed by atoms with Crippen LogP contribution >= 0.6 is 12.6 Å². The molecule has 2 amide bonds. The Morgan fingerprint density at radius 3 is 2.44 bits per heavy atom. The number of amides is 2. The Bertz CT molecular complexity index is 418. The van der Waals surface area contributed by atoms with Gasteiger partial charge in [0.05, 0.1) is 13.0 Å². The van der Waals surface area contributed by atoms with Crippen LogP contribution in [0.2, 0.25) is 0 Å². The second kappa shape index (κ2) is 7.06. The van der Waals surface area contributed by atoms with E-state index in [-0.39, 0.29) is 18.4 Å². The van der Waals surface area contributed by atoms with Gasteiger partial charge in [0.25, 0.3) is 0 Å². The van der Waals surface area contributed by atoms with Gasteiger partial charge in [0.2, 0.25) is 11.8 Å². The van der Waals surface area contributed by atoms with E-state index in [0.717, 1.165) is 10.5 Å². The Balaban J connectivity index is 2.49. The summed E-state index contributed by atoms with van der Waals surface area (Å²) in [4.78, 5) is 25.5. The van der Waals surface area contributed by atoms with Crippen LogP contribution in [0.5, 0.6) is 0 Å². The van der Waals surface area contributed by atoms with Gasteiger partial charge in [-0.1, -0.05) is 12.1 Å². The molecule has 1 aromatic carbocycles. The normalized spacial score (nSPS) is 9.94. The Hall–Kier alpha value is -1.49. The largest absolute Gasteiger partial charge is 0.355 e. The van der Waals surface area contributed by atoms with E-state index >= 15 is 0 Å². The van der Waals surface area contributed by atoms with Gasteiger partial charge in [-0.15, -0.1) is 12.6 Å². The number of carbonyl (C=O) groups excluding carboxylic acids is 2. The molecule has 0 aliphatic carbocycles. The van der Waals surface area contributed by atoms with Crippen LogP contribution < -0.4 is 5.32 Å². The molecule has 0 saturated heterocycles. The summed E-state index contributed by atoms with van der Waals surface area (Å²) >= 11 is 4.18. The third-order valence-electron chi connectivity index (χ3n) is 2.47. The molecule has 0 heterocycles. The maximum absolute atomic E-state index is 11.9. The SMILES string of the molecule is CCNC(=O)CN(C)C(=O)Cc1ccc(S)cc1. The van der Waals surface area contributed by atoms with Crippen molar-refractivity contribution in [3.63, 3.8) is 0 Å². The molecule has 1 N–H and O–H groups in total. The van der Waals surface area contributed by atoms with E-state index in [0.29, 0.717) is 13.0 Å². The molecule has 0 aliphatic rings. The number of rotatable bonds is 5. The van der Waals surface area contributed by atoms with Crippen LogP contribution in [-0.4, -0.2) is 36.9 Å². The summed E-state index contributed by atoms with van der Waals surface area (Å²) in [5, 5.41) is 2.66. The molecule has 0 saturated carbocycles. The first-order chi connectivity index (χ1) is 8.52. The molecular formula is C13H18N2O2S. The zero-order valence-corrected chi connectivity index (χ0v) is 11.5. The van der Waals surface area contributed by atoms with Crippen molar-refractivity contribution >= 4 is 24.4 Å². The lowest BCUT2D eigenvalue weighted by atomic mass is 10.1. The highest BCUT2D eigenvalue weighted by Crippen LogP contribution is 2.09. The summed E-state index contributed by atoms with van der Waals surface area (Å²) in [5.41, 5.74) is 0.917. The Kier molecular flexibility index (Phi) is 5.71. The number of hydrogen-bond donors (Lipinski definition) is 2. The first kappa shape index (κ1) is 14.6. The molecule has 0 bridgehead atoms. The zero-order valence-electron chi connectivity index (χ0n) is 10.6. The molecule has 98 valence electrons. The lowest BCUT2D eigenvalue weighted by Crippen LogP contribution is -2.38. The van der Waals surface area contributed by atoms with Gasteiger partial charge in [-0.05, 0) is 24.6 Å². The predicted molar refractivity (Wildman–Crippen MR) is 73.7 cm³/mol. The fourth-order valence-electron chi connectivity index (χ4n) is 1.48. The number of benzene rings is 1.